The van der Waals surface area contributed by atoms with Crippen molar-refractivity contribution in [2.24, 2.45) is 5.73 Å². The normalized spacial score (nSPS) is 15.7. The molecule has 1 fully saturated rings. The Morgan fingerprint density at radius 2 is 2.29 bits per heavy atom. The molecule has 1 aromatic rings. The maximum Gasteiger partial charge on any atom is 0.133 e. The second-order valence-corrected chi connectivity index (χ2v) is 4.64. The highest BCUT2D eigenvalue weighted by Crippen LogP contribution is 2.30. The van der Waals surface area contributed by atoms with Gasteiger partial charge in [-0.1, -0.05) is 0 Å². The molecule has 2 rings (SSSR count). The number of aryl methyl sites for hydroxylation is 1. The van der Waals surface area contributed by atoms with E-state index in [9.17, 15) is 5.11 Å². The van der Waals surface area contributed by atoms with Crippen molar-refractivity contribution >= 4 is 5.82 Å². The minimum absolute atomic E-state index is 0.163. The lowest BCUT2D eigenvalue weighted by molar-refractivity contribution is 0.282. The van der Waals surface area contributed by atoms with Gasteiger partial charge in [-0.05, 0) is 37.8 Å². The molecule has 3 N–H and O–H groups in total. The fourth-order valence-corrected chi connectivity index (χ4v) is 2.34. The van der Waals surface area contributed by atoms with Gasteiger partial charge in [-0.15, -0.1) is 0 Å². The molecule has 1 saturated carbocycles. The largest absolute Gasteiger partial charge is 0.395 e. The van der Waals surface area contributed by atoms with Gasteiger partial charge in [0.15, 0.2) is 0 Å². The van der Waals surface area contributed by atoms with Crippen molar-refractivity contribution in [1.29, 1.82) is 0 Å². The number of pyridine rings is 1. The highest BCUT2D eigenvalue weighted by atomic mass is 16.3. The van der Waals surface area contributed by atoms with Gasteiger partial charge in [-0.25, -0.2) is 4.98 Å². The zero-order chi connectivity index (χ0) is 12.3. The van der Waals surface area contributed by atoms with Gasteiger partial charge in [-0.3, -0.25) is 0 Å². The van der Waals surface area contributed by atoms with Crippen LogP contribution in [0.15, 0.2) is 12.3 Å². The van der Waals surface area contributed by atoms with E-state index in [2.05, 4.69) is 16.8 Å². The smallest absolute Gasteiger partial charge is 0.133 e. The van der Waals surface area contributed by atoms with Crippen LogP contribution in [0.2, 0.25) is 0 Å². The third-order valence-corrected chi connectivity index (χ3v) is 3.60. The number of aromatic nitrogens is 1. The van der Waals surface area contributed by atoms with Crippen LogP contribution in [0.3, 0.4) is 0 Å². The fraction of sp³-hybridized carbons (Fsp3) is 0.615. The minimum atomic E-state index is 0.163. The van der Waals surface area contributed by atoms with E-state index < -0.39 is 0 Å². The van der Waals surface area contributed by atoms with E-state index in [1.54, 1.807) is 0 Å². The van der Waals surface area contributed by atoms with Crippen LogP contribution in [0.5, 0.6) is 0 Å². The SMILES string of the molecule is Cc1ccnc(N(CCO)C2CCC2)c1CN. The highest BCUT2D eigenvalue weighted by Gasteiger charge is 2.27. The molecule has 0 bridgehead atoms. The van der Waals surface area contributed by atoms with Gasteiger partial charge < -0.3 is 15.7 Å². The summed E-state index contributed by atoms with van der Waals surface area (Å²) >= 11 is 0. The van der Waals surface area contributed by atoms with Gasteiger partial charge >= 0.3 is 0 Å². The zero-order valence-corrected chi connectivity index (χ0v) is 10.4. The van der Waals surface area contributed by atoms with Gasteiger partial charge in [0.05, 0.1) is 6.61 Å². The van der Waals surface area contributed by atoms with Crippen LogP contribution in [0.4, 0.5) is 5.82 Å². The molecule has 0 unspecified atom stereocenters. The van der Waals surface area contributed by atoms with Crippen molar-refractivity contribution < 1.29 is 5.11 Å². The molecule has 1 aliphatic carbocycles. The summed E-state index contributed by atoms with van der Waals surface area (Å²) < 4.78 is 0. The van der Waals surface area contributed by atoms with Crippen LogP contribution in [0, 0.1) is 6.92 Å². The Balaban J connectivity index is 2.30. The van der Waals surface area contributed by atoms with Crippen LogP contribution in [-0.4, -0.2) is 29.3 Å². The van der Waals surface area contributed by atoms with Crippen LogP contribution in [-0.2, 0) is 6.54 Å². The highest BCUT2D eigenvalue weighted by molar-refractivity contribution is 5.51. The van der Waals surface area contributed by atoms with Crippen LogP contribution >= 0.6 is 0 Å². The molecule has 0 spiro atoms. The van der Waals surface area contributed by atoms with E-state index in [1.165, 1.54) is 24.8 Å². The number of aliphatic hydroxyl groups excluding tert-OH is 1. The van der Waals surface area contributed by atoms with Crippen molar-refractivity contribution in [1.82, 2.24) is 4.98 Å². The van der Waals surface area contributed by atoms with Gasteiger partial charge in [0, 0.05) is 30.9 Å². The van der Waals surface area contributed by atoms with E-state index in [0.717, 1.165) is 11.4 Å². The second-order valence-electron chi connectivity index (χ2n) is 4.64. The van der Waals surface area contributed by atoms with Gasteiger partial charge in [0.1, 0.15) is 5.82 Å². The predicted octanol–water partition coefficient (Wildman–Crippen LogP) is 1.20. The summed E-state index contributed by atoms with van der Waals surface area (Å²) in [6, 6.07) is 2.52. The molecule has 1 heterocycles. The van der Waals surface area contributed by atoms with Crippen molar-refractivity contribution in [3.05, 3.63) is 23.4 Å². The third-order valence-electron chi connectivity index (χ3n) is 3.60. The molecular weight excluding hydrogens is 214 g/mol. The molecule has 0 atom stereocenters. The van der Waals surface area contributed by atoms with Gasteiger partial charge in [-0.2, -0.15) is 0 Å². The number of nitrogens with two attached hydrogens (primary N) is 1. The average molecular weight is 235 g/mol. The van der Waals surface area contributed by atoms with E-state index in [0.29, 0.717) is 19.1 Å². The zero-order valence-electron chi connectivity index (χ0n) is 10.4. The molecule has 0 aliphatic heterocycles. The van der Waals surface area contributed by atoms with Crippen LogP contribution in [0.25, 0.3) is 0 Å². The number of rotatable bonds is 5. The number of hydrogen-bond acceptors (Lipinski definition) is 4. The third kappa shape index (κ3) is 2.42. The van der Waals surface area contributed by atoms with Gasteiger partial charge in [0.2, 0.25) is 0 Å². The summed E-state index contributed by atoms with van der Waals surface area (Å²) in [6.07, 6.45) is 5.49. The lowest BCUT2D eigenvalue weighted by atomic mass is 9.91. The minimum Gasteiger partial charge on any atom is -0.395 e. The number of hydrogen-bond donors (Lipinski definition) is 2. The molecule has 1 aromatic heterocycles. The molecule has 0 saturated heterocycles. The Hall–Kier alpha value is -1.13. The van der Waals surface area contributed by atoms with Crippen LogP contribution in [0.1, 0.15) is 30.4 Å². The lowest BCUT2D eigenvalue weighted by Crippen LogP contribution is -2.43. The lowest BCUT2D eigenvalue weighted by Gasteiger charge is -2.39. The monoisotopic (exact) mass is 235 g/mol. The first-order valence-corrected chi connectivity index (χ1v) is 6.30. The maximum absolute atomic E-state index is 9.20. The average Bonchev–Trinajstić information content (AvgIpc) is 2.26. The molecule has 4 heteroatoms. The van der Waals surface area contributed by atoms with E-state index in [-0.39, 0.29) is 6.61 Å². The number of anilines is 1. The van der Waals surface area contributed by atoms with Crippen molar-refractivity contribution in [2.45, 2.75) is 38.8 Å². The van der Waals surface area contributed by atoms with Crippen molar-refractivity contribution in [3.8, 4) is 0 Å². The first-order chi connectivity index (χ1) is 8.27. The summed E-state index contributed by atoms with van der Waals surface area (Å²) in [7, 11) is 0. The molecular formula is C13H21N3O. The summed E-state index contributed by atoms with van der Waals surface area (Å²) in [6.45, 7) is 3.37. The van der Waals surface area contributed by atoms with Crippen LogP contribution < -0.4 is 10.6 Å². The quantitative estimate of drug-likeness (QED) is 0.805. The van der Waals surface area contributed by atoms with E-state index >= 15 is 0 Å². The van der Waals surface area contributed by atoms with Gasteiger partial charge in [0.25, 0.3) is 0 Å². The molecule has 0 radical (unpaired) electrons. The molecule has 0 aromatic carbocycles. The van der Waals surface area contributed by atoms with Crippen molar-refractivity contribution in [3.63, 3.8) is 0 Å². The Labute approximate surface area is 102 Å². The first kappa shape index (κ1) is 12.3. The number of nitrogens with zero attached hydrogens (tertiary/aromatic N) is 2. The summed E-state index contributed by atoms with van der Waals surface area (Å²) in [5, 5.41) is 9.20. The van der Waals surface area contributed by atoms with E-state index in [4.69, 9.17) is 5.73 Å². The molecule has 4 nitrogen and oxygen atoms in total. The van der Waals surface area contributed by atoms with E-state index in [1.807, 2.05) is 12.3 Å². The predicted molar refractivity (Wildman–Crippen MR) is 68.9 cm³/mol. The fourth-order valence-electron chi connectivity index (χ4n) is 2.34. The standard InChI is InChI=1S/C13H21N3O/c1-10-5-6-15-13(12(10)9-14)16(7-8-17)11-3-2-4-11/h5-6,11,17H,2-4,7-9,14H2,1H3. The Morgan fingerprint density at radius 3 is 2.82 bits per heavy atom. The number of aliphatic hydroxyl groups is 1. The molecule has 1 aliphatic rings. The summed E-state index contributed by atoms with van der Waals surface area (Å²) in [4.78, 5) is 6.69. The summed E-state index contributed by atoms with van der Waals surface area (Å²) in [5.41, 5.74) is 8.10. The maximum atomic E-state index is 9.20. The Bertz CT molecular complexity index is 377. The molecule has 17 heavy (non-hydrogen) atoms. The molecule has 94 valence electrons. The molecule has 0 amide bonds. The first-order valence-electron chi connectivity index (χ1n) is 6.30. The Morgan fingerprint density at radius 1 is 1.53 bits per heavy atom. The van der Waals surface area contributed by atoms with Crippen molar-refractivity contribution in [2.75, 3.05) is 18.1 Å². The summed E-state index contributed by atoms with van der Waals surface area (Å²) in [5.74, 6) is 0.964. The second kappa shape index (κ2) is 5.47. The topological polar surface area (TPSA) is 62.4 Å². The Kier molecular flexibility index (Phi) is 3.97.